The van der Waals surface area contributed by atoms with E-state index in [9.17, 15) is 0 Å². The largest absolute Gasteiger partial charge is 4.00 e. The Balaban J connectivity index is 0.000000260. The van der Waals surface area contributed by atoms with Crippen LogP contribution in [0.1, 0.15) is 55.4 Å². The van der Waals surface area contributed by atoms with Crippen LogP contribution in [0.5, 0.6) is 0 Å². The van der Waals surface area contributed by atoms with Crippen LogP contribution in [-0.2, 0) is 52.4 Å². The molecule has 4 heterocycles. The van der Waals surface area contributed by atoms with Crippen molar-refractivity contribution < 1.29 is 102 Å². The Morgan fingerprint density at radius 1 is 0.342 bits per heavy atom. The van der Waals surface area contributed by atoms with Gasteiger partial charge in [-0.3, -0.25) is 0 Å². The summed E-state index contributed by atoms with van der Waals surface area (Å²) in [6, 6.07) is 44.9. The van der Waals surface area contributed by atoms with Crippen LogP contribution < -0.4 is 69.2 Å². The molecule has 0 spiro atoms. The number of benzene rings is 4. The van der Waals surface area contributed by atoms with Crippen LogP contribution in [-0.4, -0.2) is 40.3 Å². The van der Waals surface area contributed by atoms with E-state index in [4.69, 9.17) is 0 Å². The van der Waals surface area contributed by atoms with Gasteiger partial charge in [0.2, 0.25) is 0 Å². The van der Waals surface area contributed by atoms with E-state index < -0.39 is 16.1 Å². The van der Waals surface area contributed by atoms with Crippen molar-refractivity contribution in [3.8, 4) is 0 Å². The molecule has 0 aromatic heterocycles. The van der Waals surface area contributed by atoms with E-state index in [-0.39, 0.29) is 102 Å². The minimum Gasteiger partial charge on any atom is -1.00 e. The van der Waals surface area contributed by atoms with Crippen LogP contribution in [0.3, 0.4) is 0 Å². The van der Waals surface area contributed by atoms with Gasteiger partial charge < -0.3 is 69.2 Å². The van der Waals surface area contributed by atoms with E-state index in [1.54, 1.807) is 20.8 Å². The molecular weight excluding hydrogens is 1210 g/mol. The number of fused-ring (bicyclic) bond motifs is 4. The molecule has 4 atom stereocenters. The fourth-order valence-electron chi connectivity index (χ4n) is 13.8. The van der Waals surface area contributed by atoms with Gasteiger partial charge in [0, 0.05) is 45.5 Å². The number of nitrogens with zero attached hydrogens (tertiary/aromatic N) is 4. The van der Waals surface area contributed by atoms with Crippen molar-refractivity contribution in [1.82, 2.24) is 0 Å². The predicted molar refractivity (Wildman–Crippen MR) is 304 cm³/mol. The first-order chi connectivity index (χ1) is 33.6. The molecule has 0 bridgehead atoms. The van der Waals surface area contributed by atoms with E-state index in [0.29, 0.717) is 24.2 Å². The van der Waals surface area contributed by atoms with Gasteiger partial charge in [0.1, 0.15) is 16.1 Å². The molecule has 4 aromatic carbocycles. The van der Waals surface area contributed by atoms with Gasteiger partial charge in [-0.1, -0.05) is 135 Å². The van der Waals surface area contributed by atoms with E-state index in [1.807, 2.05) is 0 Å². The molecule has 0 N–H and O–H groups in total. The Bertz CT molecular complexity index is 3060. The van der Waals surface area contributed by atoms with E-state index in [1.165, 1.54) is 90.1 Å². The van der Waals surface area contributed by atoms with Crippen LogP contribution in [0.15, 0.2) is 258 Å². The van der Waals surface area contributed by atoms with Crippen molar-refractivity contribution in [3.05, 3.63) is 258 Å². The number of para-hydroxylation sites is 4. The summed E-state index contributed by atoms with van der Waals surface area (Å²) < 4.78 is 0. The predicted octanol–water partition coefficient (Wildman–Crippen LogP) is 3.75. The van der Waals surface area contributed by atoms with E-state index >= 15 is 0 Å². The maximum absolute atomic E-state index is 2.57. The molecule has 4 aliphatic carbocycles. The molecule has 0 radical (unpaired) electrons. The van der Waals surface area contributed by atoms with Crippen LogP contribution in [0.4, 0.5) is 22.7 Å². The fraction of sp³-hybridized carbons (Fsp3) is 0.250. The zero-order valence-corrected chi connectivity index (χ0v) is 55.7. The van der Waals surface area contributed by atoms with Crippen LogP contribution >= 0.6 is 0 Å². The molecule has 12 heteroatoms. The third kappa shape index (κ3) is 10.4. The molecule has 8 aliphatic rings. The van der Waals surface area contributed by atoms with E-state index in [0.717, 1.165) is 0 Å². The van der Waals surface area contributed by atoms with Gasteiger partial charge in [-0.2, -0.15) is 0 Å². The maximum atomic E-state index is 2.57. The van der Waals surface area contributed by atoms with Crippen molar-refractivity contribution in [2.75, 3.05) is 19.6 Å². The topological polar surface area (TPSA) is 13.0 Å². The average molecular weight is 1270 g/mol. The number of anilines is 4. The molecule has 4 aromatic rings. The van der Waals surface area contributed by atoms with Crippen LogP contribution in [0, 0.1) is 0 Å². The number of allylic oxidation sites excluding steroid dienone is 12. The summed E-state index contributed by atoms with van der Waals surface area (Å²) in [5, 5.41) is 6.38. The molecule has 4 aliphatic heterocycles. The first-order valence-electron chi connectivity index (χ1n) is 25.6. The quantitative estimate of drug-likeness (QED) is 0.250. The van der Waals surface area contributed by atoms with Gasteiger partial charge in [0.15, 0.2) is 0 Å². The molecule has 0 fully saturated rings. The summed E-state index contributed by atoms with van der Waals surface area (Å²) in [6.07, 6.45) is 19.6. The summed E-state index contributed by atoms with van der Waals surface area (Å²) in [4.78, 5) is 10.1. The number of halogens is 4. The molecule has 76 heavy (non-hydrogen) atoms. The van der Waals surface area contributed by atoms with E-state index in [2.05, 4.69) is 271 Å². The molecular formula is C64H68Cl4N4Si2Zr2+4. The molecule has 4 unspecified atom stereocenters. The second kappa shape index (κ2) is 24.4. The average Bonchev–Trinajstić information content (AvgIpc) is 4.21. The third-order valence-corrected chi connectivity index (χ3v) is 23.7. The van der Waals surface area contributed by atoms with Gasteiger partial charge in [0.25, 0.3) is 0 Å². The van der Waals surface area contributed by atoms with Crippen molar-refractivity contribution in [2.24, 2.45) is 0 Å². The Morgan fingerprint density at radius 2 is 0.605 bits per heavy atom. The first kappa shape index (κ1) is 63.2. The molecule has 4 nitrogen and oxygen atoms in total. The van der Waals surface area contributed by atoms with Gasteiger partial charge >= 0.3 is 52.4 Å². The van der Waals surface area contributed by atoms with Crippen molar-refractivity contribution in [1.29, 1.82) is 0 Å². The summed E-state index contributed by atoms with van der Waals surface area (Å²) in [7, 11) is -4.08. The minimum atomic E-state index is -2.09. The Labute approximate surface area is 519 Å². The van der Waals surface area contributed by atoms with Gasteiger partial charge in [-0.05, 0) is 181 Å². The summed E-state index contributed by atoms with van der Waals surface area (Å²) in [6.45, 7) is 28.8. The van der Waals surface area contributed by atoms with Gasteiger partial charge in [-0.15, -0.1) is 0 Å². The number of hydrogen-bond donors (Lipinski definition) is 0. The second-order valence-electron chi connectivity index (χ2n) is 21.7. The standard InChI is InChI=1S/2C32H34N2Si.4ClH.2Zr/c1-21-17-25-19-23(3)33(27-13-9-7-10-14-27)29(25)31(21)35(5,6)32-22(2)18-26-20-24(4)34(30(26)32)28-15-11-8-12-16-28;1-21-17-29-27(19-23(3)33(29)25-13-9-7-10-14-25)31(21)35(5,6)32-22(2)18-30-28(32)20-24(4)34(30)26-15-11-8-12-16-26;;;;;;/h2*7-20,23-24H,1-6H3;4*1H;;/q;;;;;;2*+4/p-4. The SMILES string of the molecule is CC1=C([Si](C)(C)C2=C(C)C=C3C2=CC(C)N3c2ccccc2)C2=CC(C)N(c3ccccc3)C2=C1.CC1=CC2=CC(C)N(c3ccccc3)C2=C1[Si](C)(C)C1=C2C(=CC(C)N2c2ccccc2)C=C1C.[Cl-].[Cl-].[Cl-].[Cl-].[Zr+4].[Zr+4]. The molecule has 0 amide bonds. The Morgan fingerprint density at radius 3 is 0.908 bits per heavy atom. The summed E-state index contributed by atoms with van der Waals surface area (Å²) in [5.41, 5.74) is 22.2. The smallest absolute Gasteiger partial charge is 1.00 e. The monoisotopic (exact) mass is 1270 g/mol. The molecule has 0 saturated heterocycles. The Kier molecular flexibility index (Phi) is 20.2. The number of rotatable bonds is 8. The second-order valence-corrected chi connectivity index (χ2v) is 30.2. The fourth-order valence-corrected chi connectivity index (χ4v) is 22.0. The summed E-state index contributed by atoms with van der Waals surface area (Å²) in [5.74, 6) is 0. The van der Waals surface area contributed by atoms with Crippen molar-refractivity contribution >= 4 is 38.9 Å². The van der Waals surface area contributed by atoms with Crippen molar-refractivity contribution in [2.45, 2.75) is 106 Å². The first-order valence-corrected chi connectivity index (χ1v) is 31.6. The molecule has 0 saturated carbocycles. The Hall–Kier alpha value is -3.68. The molecule has 12 rings (SSSR count). The third-order valence-electron chi connectivity index (χ3n) is 16.1. The zero-order valence-electron chi connectivity index (χ0n) is 45.8. The summed E-state index contributed by atoms with van der Waals surface area (Å²) >= 11 is 0. The van der Waals surface area contributed by atoms with Crippen LogP contribution in [0.25, 0.3) is 0 Å². The molecule has 384 valence electrons. The normalized spacial score (nSPS) is 21.6. The zero-order chi connectivity index (χ0) is 49.0. The van der Waals surface area contributed by atoms with Crippen molar-refractivity contribution in [3.63, 3.8) is 0 Å². The minimum absolute atomic E-state index is 0. The van der Waals surface area contributed by atoms with Gasteiger partial charge in [0.05, 0.1) is 24.2 Å². The van der Waals surface area contributed by atoms with Crippen LogP contribution in [0.2, 0.25) is 26.2 Å². The van der Waals surface area contributed by atoms with Gasteiger partial charge in [-0.25, -0.2) is 0 Å². The maximum Gasteiger partial charge on any atom is 4.00 e. The number of hydrogen-bond acceptors (Lipinski definition) is 4.